The summed E-state index contributed by atoms with van der Waals surface area (Å²) in [4.78, 5) is 20.2. The number of rotatable bonds is 5. The Balaban J connectivity index is 1.74. The average Bonchev–Trinajstić information content (AvgIpc) is 2.96. The maximum Gasteiger partial charge on any atom is 0.229 e. The third kappa shape index (κ3) is 4.29. The number of thiazole rings is 1. The summed E-state index contributed by atoms with van der Waals surface area (Å²) in [6, 6.07) is 16.1. The highest BCUT2D eigenvalue weighted by Crippen LogP contribution is 2.29. The predicted molar refractivity (Wildman–Crippen MR) is 110 cm³/mol. The molecule has 0 unspecified atom stereocenters. The Morgan fingerprint density at radius 1 is 1.04 bits per heavy atom. The summed E-state index contributed by atoms with van der Waals surface area (Å²) in [5.74, 6) is -0.0281. The second-order valence-electron chi connectivity index (χ2n) is 6.54. The summed E-state index contributed by atoms with van der Waals surface area (Å²) in [7, 11) is 3.98. The summed E-state index contributed by atoms with van der Waals surface area (Å²) >= 11 is 1.58. The second-order valence-corrected chi connectivity index (χ2v) is 7.82. The third-order valence-corrected chi connectivity index (χ3v) is 5.09. The Kier molecular flexibility index (Phi) is 5.38. The van der Waals surface area contributed by atoms with Crippen LogP contribution in [0.2, 0.25) is 0 Å². The van der Waals surface area contributed by atoms with Gasteiger partial charge in [0.15, 0.2) is 0 Å². The largest absolute Gasteiger partial charge is 0.378 e. The Labute approximate surface area is 158 Å². The van der Waals surface area contributed by atoms with Crippen molar-refractivity contribution in [1.29, 1.82) is 0 Å². The number of nitrogens with one attached hydrogen (secondary N) is 1. The van der Waals surface area contributed by atoms with Crippen LogP contribution in [0, 0.1) is 13.8 Å². The minimum atomic E-state index is -0.0281. The molecule has 4 nitrogen and oxygen atoms in total. The van der Waals surface area contributed by atoms with Crippen molar-refractivity contribution in [1.82, 2.24) is 4.98 Å². The van der Waals surface area contributed by atoms with Gasteiger partial charge in [-0.2, -0.15) is 0 Å². The molecule has 3 aromatic rings. The Morgan fingerprint density at radius 3 is 2.31 bits per heavy atom. The summed E-state index contributed by atoms with van der Waals surface area (Å²) in [5, 5.41) is 3.95. The van der Waals surface area contributed by atoms with Crippen LogP contribution in [0.15, 0.2) is 48.5 Å². The lowest BCUT2D eigenvalue weighted by atomic mass is 10.1. The molecule has 1 amide bonds. The van der Waals surface area contributed by atoms with E-state index >= 15 is 0 Å². The molecule has 5 heteroatoms. The van der Waals surface area contributed by atoms with Gasteiger partial charge in [-0.15, -0.1) is 11.3 Å². The lowest BCUT2D eigenvalue weighted by Gasteiger charge is -2.13. The van der Waals surface area contributed by atoms with Crippen molar-refractivity contribution >= 4 is 28.6 Å². The summed E-state index contributed by atoms with van der Waals surface area (Å²) < 4.78 is 0. The maximum absolute atomic E-state index is 12.5. The molecule has 0 bridgehead atoms. The number of hydrogen-bond acceptors (Lipinski definition) is 4. The van der Waals surface area contributed by atoms with Gasteiger partial charge in [-0.25, -0.2) is 4.98 Å². The van der Waals surface area contributed by atoms with Crippen LogP contribution < -0.4 is 10.2 Å². The number of aryl methyl sites for hydroxylation is 2. The van der Waals surface area contributed by atoms with Gasteiger partial charge in [-0.1, -0.05) is 29.8 Å². The van der Waals surface area contributed by atoms with Crippen LogP contribution >= 0.6 is 11.3 Å². The summed E-state index contributed by atoms with van der Waals surface area (Å²) in [6.45, 7) is 4.04. The molecule has 0 aliphatic heterocycles. The molecule has 0 radical (unpaired) electrons. The predicted octanol–water partition coefficient (Wildman–Crippen LogP) is 4.67. The number of nitrogens with zero attached hydrogens (tertiary/aromatic N) is 2. The zero-order valence-electron chi connectivity index (χ0n) is 15.5. The quantitative estimate of drug-likeness (QED) is 0.714. The normalized spacial score (nSPS) is 10.6. The number of carbonyl (C=O) groups is 1. The van der Waals surface area contributed by atoms with Crippen LogP contribution in [0.1, 0.15) is 15.4 Å². The SMILES string of the molecule is Cc1ccc(-c2nc(C)sc2CC(=O)Nc2ccc(N(C)C)cc2)cc1. The van der Waals surface area contributed by atoms with E-state index in [0.29, 0.717) is 6.42 Å². The van der Waals surface area contributed by atoms with Crippen LogP contribution in [0.3, 0.4) is 0 Å². The lowest BCUT2D eigenvalue weighted by molar-refractivity contribution is -0.115. The maximum atomic E-state index is 12.5. The minimum Gasteiger partial charge on any atom is -0.378 e. The fraction of sp³-hybridized carbons (Fsp3) is 0.238. The molecule has 26 heavy (non-hydrogen) atoms. The molecule has 0 aliphatic carbocycles. The van der Waals surface area contributed by atoms with Gasteiger partial charge in [-0.05, 0) is 38.1 Å². The van der Waals surface area contributed by atoms with Crippen LogP contribution in [0.4, 0.5) is 11.4 Å². The number of benzene rings is 2. The van der Waals surface area contributed by atoms with Crippen LogP contribution in [0.25, 0.3) is 11.3 Å². The first-order chi connectivity index (χ1) is 12.4. The zero-order chi connectivity index (χ0) is 18.7. The third-order valence-electron chi connectivity index (χ3n) is 4.12. The van der Waals surface area contributed by atoms with Crippen LogP contribution in [0.5, 0.6) is 0 Å². The standard InChI is InChI=1S/C21H23N3OS/c1-14-5-7-16(8-6-14)21-19(26-15(2)22-21)13-20(25)23-17-9-11-18(12-10-17)24(3)4/h5-12H,13H2,1-4H3,(H,23,25). The molecule has 1 aromatic heterocycles. The van der Waals surface area contributed by atoms with E-state index in [0.717, 1.165) is 32.5 Å². The summed E-state index contributed by atoms with van der Waals surface area (Å²) in [5.41, 5.74) is 5.08. The molecular formula is C21H23N3OS. The van der Waals surface area contributed by atoms with Crippen LogP contribution in [-0.4, -0.2) is 25.0 Å². The van der Waals surface area contributed by atoms with Gasteiger partial charge in [-0.3, -0.25) is 4.79 Å². The van der Waals surface area contributed by atoms with Gasteiger partial charge in [0.1, 0.15) is 0 Å². The Hall–Kier alpha value is -2.66. The van der Waals surface area contributed by atoms with E-state index in [1.54, 1.807) is 11.3 Å². The van der Waals surface area contributed by atoms with E-state index < -0.39 is 0 Å². The fourth-order valence-electron chi connectivity index (χ4n) is 2.72. The van der Waals surface area contributed by atoms with Crippen molar-refractivity contribution in [2.24, 2.45) is 0 Å². The monoisotopic (exact) mass is 365 g/mol. The Bertz CT molecular complexity index is 896. The van der Waals surface area contributed by atoms with E-state index in [2.05, 4.69) is 41.5 Å². The topological polar surface area (TPSA) is 45.2 Å². The van der Waals surface area contributed by atoms with Crippen molar-refractivity contribution in [3.05, 3.63) is 64.0 Å². The van der Waals surface area contributed by atoms with Gasteiger partial charge >= 0.3 is 0 Å². The van der Waals surface area contributed by atoms with Crippen molar-refractivity contribution in [2.75, 3.05) is 24.3 Å². The number of aromatic nitrogens is 1. The van der Waals surface area contributed by atoms with E-state index in [1.807, 2.05) is 50.2 Å². The van der Waals surface area contributed by atoms with Gasteiger partial charge < -0.3 is 10.2 Å². The van der Waals surface area contributed by atoms with E-state index in [9.17, 15) is 4.79 Å². The molecule has 0 spiro atoms. The lowest BCUT2D eigenvalue weighted by Crippen LogP contribution is -2.14. The second kappa shape index (κ2) is 7.70. The highest BCUT2D eigenvalue weighted by atomic mass is 32.1. The van der Waals surface area contributed by atoms with Crippen molar-refractivity contribution in [2.45, 2.75) is 20.3 Å². The number of amides is 1. The van der Waals surface area contributed by atoms with Gasteiger partial charge in [0.2, 0.25) is 5.91 Å². The first-order valence-corrected chi connectivity index (χ1v) is 9.34. The number of carbonyl (C=O) groups excluding carboxylic acids is 1. The number of anilines is 2. The number of hydrogen-bond donors (Lipinski definition) is 1. The van der Waals surface area contributed by atoms with Crippen molar-refractivity contribution in [3.63, 3.8) is 0 Å². The molecule has 1 heterocycles. The first-order valence-electron chi connectivity index (χ1n) is 8.53. The highest BCUT2D eigenvalue weighted by molar-refractivity contribution is 7.12. The molecule has 0 fully saturated rings. The van der Waals surface area contributed by atoms with Crippen molar-refractivity contribution < 1.29 is 4.79 Å². The highest BCUT2D eigenvalue weighted by Gasteiger charge is 2.15. The van der Waals surface area contributed by atoms with Gasteiger partial charge in [0, 0.05) is 35.9 Å². The molecule has 0 saturated carbocycles. The molecule has 0 atom stereocenters. The smallest absolute Gasteiger partial charge is 0.229 e. The van der Waals surface area contributed by atoms with Crippen molar-refractivity contribution in [3.8, 4) is 11.3 Å². The average molecular weight is 366 g/mol. The molecular weight excluding hydrogens is 342 g/mol. The molecule has 0 saturated heterocycles. The molecule has 0 aliphatic rings. The summed E-state index contributed by atoms with van der Waals surface area (Å²) in [6.07, 6.45) is 0.324. The van der Waals surface area contributed by atoms with E-state index in [1.165, 1.54) is 5.56 Å². The van der Waals surface area contributed by atoms with Gasteiger partial charge in [0.25, 0.3) is 0 Å². The molecule has 2 aromatic carbocycles. The molecule has 134 valence electrons. The zero-order valence-corrected chi connectivity index (χ0v) is 16.4. The fourth-order valence-corrected chi connectivity index (χ4v) is 3.68. The molecule has 3 rings (SSSR count). The first kappa shape index (κ1) is 18.1. The van der Waals surface area contributed by atoms with E-state index in [-0.39, 0.29) is 5.91 Å². The molecule has 1 N–H and O–H groups in total. The van der Waals surface area contributed by atoms with Gasteiger partial charge in [0.05, 0.1) is 17.1 Å². The minimum absolute atomic E-state index is 0.0281. The van der Waals surface area contributed by atoms with Crippen LogP contribution in [-0.2, 0) is 11.2 Å². The Morgan fingerprint density at radius 2 is 1.69 bits per heavy atom. The van der Waals surface area contributed by atoms with E-state index in [4.69, 9.17) is 0 Å².